The summed E-state index contributed by atoms with van der Waals surface area (Å²) in [5, 5.41) is 10.6. The lowest BCUT2D eigenvalue weighted by molar-refractivity contribution is -0.385. The molecule has 0 radical (unpaired) electrons. The Morgan fingerprint density at radius 2 is 2.28 bits per heavy atom. The van der Waals surface area contributed by atoms with Gasteiger partial charge in [-0.15, -0.1) is 0 Å². The van der Waals surface area contributed by atoms with Crippen molar-refractivity contribution in [3.8, 4) is 0 Å². The van der Waals surface area contributed by atoms with Crippen LogP contribution < -0.4 is 5.73 Å². The molecule has 1 amide bonds. The van der Waals surface area contributed by atoms with Crippen molar-refractivity contribution in [1.29, 1.82) is 0 Å². The van der Waals surface area contributed by atoms with Gasteiger partial charge in [-0.2, -0.15) is 0 Å². The molecule has 7 nitrogen and oxygen atoms in total. The van der Waals surface area contributed by atoms with Gasteiger partial charge in [0.1, 0.15) is 12.0 Å². The van der Waals surface area contributed by atoms with Crippen LogP contribution in [0.1, 0.15) is 30.6 Å². The number of nitrogens with zero attached hydrogens (tertiary/aromatic N) is 3. The van der Waals surface area contributed by atoms with Gasteiger partial charge >= 0.3 is 0 Å². The average Bonchev–Trinajstić information content (AvgIpc) is 2.36. The highest BCUT2D eigenvalue weighted by molar-refractivity contribution is 5.98. The Balaban J connectivity index is 3.12. The zero-order valence-corrected chi connectivity index (χ0v) is 10.6. The van der Waals surface area contributed by atoms with Gasteiger partial charge in [0.2, 0.25) is 0 Å². The number of nitrogens with two attached hydrogens (primary N) is 1. The van der Waals surface area contributed by atoms with E-state index in [4.69, 9.17) is 5.73 Å². The molecule has 1 atom stereocenters. The molecular formula is C11H16N4O3. The van der Waals surface area contributed by atoms with Crippen LogP contribution in [0.2, 0.25) is 0 Å². The lowest BCUT2D eigenvalue weighted by Crippen LogP contribution is -2.35. The first-order valence-electron chi connectivity index (χ1n) is 5.55. The van der Waals surface area contributed by atoms with E-state index in [1.165, 1.54) is 4.90 Å². The van der Waals surface area contributed by atoms with Gasteiger partial charge < -0.3 is 10.6 Å². The molecular weight excluding hydrogens is 236 g/mol. The van der Waals surface area contributed by atoms with E-state index in [0.29, 0.717) is 0 Å². The maximum absolute atomic E-state index is 12.1. The summed E-state index contributed by atoms with van der Waals surface area (Å²) >= 11 is 0. The first-order chi connectivity index (χ1) is 8.38. The second-order valence-corrected chi connectivity index (χ2v) is 4.06. The number of amides is 1. The molecule has 0 fully saturated rings. The summed E-state index contributed by atoms with van der Waals surface area (Å²) in [6.45, 7) is 3.84. The number of anilines is 1. The molecule has 7 heteroatoms. The summed E-state index contributed by atoms with van der Waals surface area (Å²) in [5.74, 6) is -0.362. The summed E-state index contributed by atoms with van der Waals surface area (Å²) in [6.07, 6.45) is 1.82. The zero-order valence-electron chi connectivity index (χ0n) is 10.6. The predicted octanol–water partition coefficient (Wildman–Crippen LogP) is 1.44. The highest BCUT2D eigenvalue weighted by Crippen LogP contribution is 2.19. The Labute approximate surface area is 105 Å². The van der Waals surface area contributed by atoms with Crippen molar-refractivity contribution in [3.63, 3.8) is 0 Å². The normalized spacial score (nSPS) is 11.9. The summed E-state index contributed by atoms with van der Waals surface area (Å²) < 4.78 is 0. The van der Waals surface area contributed by atoms with Gasteiger partial charge in [0, 0.05) is 19.2 Å². The van der Waals surface area contributed by atoms with Crippen molar-refractivity contribution >= 4 is 17.4 Å². The molecule has 1 unspecified atom stereocenters. The molecule has 98 valence electrons. The van der Waals surface area contributed by atoms with Crippen molar-refractivity contribution in [2.24, 2.45) is 0 Å². The number of hydrogen-bond donors (Lipinski definition) is 1. The van der Waals surface area contributed by atoms with E-state index in [0.717, 1.165) is 18.7 Å². The third-order valence-corrected chi connectivity index (χ3v) is 2.92. The van der Waals surface area contributed by atoms with E-state index in [9.17, 15) is 14.9 Å². The second-order valence-electron chi connectivity index (χ2n) is 4.06. The van der Waals surface area contributed by atoms with Crippen LogP contribution >= 0.6 is 0 Å². The van der Waals surface area contributed by atoms with Crippen LogP contribution in [-0.4, -0.2) is 33.8 Å². The number of aromatic nitrogens is 1. The fourth-order valence-electron chi connectivity index (χ4n) is 1.40. The molecule has 0 aliphatic rings. The lowest BCUT2D eigenvalue weighted by Gasteiger charge is -2.24. The van der Waals surface area contributed by atoms with Gasteiger partial charge in [-0.05, 0) is 13.3 Å². The fourth-order valence-corrected chi connectivity index (χ4v) is 1.40. The summed E-state index contributed by atoms with van der Waals surface area (Å²) in [4.78, 5) is 27.3. The quantitative estimate of drug-likeness (QED) is 0.645. The van der Waals surface area contributed by atoms with E-state index >= 15 is 0 Å². The minimum absolute atomic E-state index is 0.000697. The summed E-state index contributed by atoms with van der Waals surface area (Å²) in [6, 6.07) is 1.18. The average molecular weight is 252 g/mol. The van der Waals surface area contributed by atoms with E-state index in [2.05, 4.69) is 4.98 Å². The molecule has 1 heterocycles. The van der Waals surface area contributed by atoms with E-state index in [1.807, 2.05) is 13.8 Å². The van der Waals surface area contributed by atoms with Gasteiger partial charge in [0.25, 0.3) is 11.6 Å². The Morgan fingerprint density at radius 1 is 1.67 bits per heavy atom. The molecule has 0 spiro atoms. The van der Waals surface area contributed by atoms with E-state index in [1.54, 1.807) is 7.05 Å². The van der Waals surface area contributed by atoms with Crippen LogP contribution in [0.15, 0.2) is 12.3 Å². The maximum atomic E-state index is 12.1. The van der Waals surface area contributed by atoms with Crippen molar-refractivity contribution in [1.82, 2.24) is 9.88 Å². The maximum Gasteiger partial charge on any atom is 0.288 e. The molecule has 1 rings (SSSR count). The van der Waals surface area contributed by atoms with E-state index < -0.39 is 4.92 Å². The molecule has 0 bridgehead atoms. The molecule has 0 saturated heterocycles. The van der Waals surface area contributed by atoms with Crippen LogP contribution in [0.5, 0.6) is 0 Å². The van der Waals surface area contributed by atoms with Crippen molar-refractivity contribution in [2.75, 3.05) is 12.8 Å². The Hall–Kier alpha value is -2.18. The largest absolute Gasteiger partial charge is 0.383 e. The highest BCUT2D eigenvalue weighted by Gasteiger charge is 2.21. The molecule has 0 aliphatic carbocycles. The summed E-state index contributed by atoms with van der Waals surface area (Å²) in [5.41, 5.74) is 5.41. The molecule has 2 N–H and O–H groups in total. The van der Waals surface area contributed by atoms with Gasteiger partial charge in [-0.1, -0.05) is 6.92 Å². The number of nitro groups is 1. The first-order valence-corrected chi connectivity index (χ1v) is 5.55. The van der Waals surface area contributed by atoms with Gasteiger partial charge in [-0.3, -0.25) is 14.9 Å². The van der Waals surface area contributed by atoms with Gasteiger partial charge in [0.15, 0.2) is 0 Å². The number of carbonyl (C=O) groups excluding carboxylic acids is 1. The van der Waals surface area contributed by atoms with Gasteiger partial charge in [-0.25, -0.2) is 4.98 Å². The monoisotopic (exact) mass is 252 g/mol. The third kappa shape index (κ3) is 2.73. The van der Waals surface area contributed by atoms with Crippen LogP contribution in [-0.2, 0) is 0 Å². The Bertz CT molecular complexity index is 475. The molecule has 1 aromatic heterocycles. The SMILES string of the molecule is CCC(C)N(C)C(=O)c1cc([N+](=O)[O-])cnc1N. The number of nitrogen functional groups attached to an aromatic ring is 1. The molecule has 18 heavy (non-hydrogen) atoms. The van der Waals surface area contributed by atoms with Crippen LogP contribution in [0, 0.1) is 10.1 Å². The topological polar surface area (TPSA) is 102 Å². The lowest BCUT2D eigenvalue weighted by atomic mass is 10.1. The Kier molecular flexibility index (Phi) is 4.19. The predicted molar refractivity (Wildman–Crippen MR) is 67.2 cm³/mol. The number of carbonyl (C=O) groups is 1. The van der Waals surface area contributed by atoms with Crippen LogP contribution in [0.3, 0.4) is 0 Å². The fraction of sp³-hybridized carbons (Fsp3) is 0.455. The summed E-state index contributed by atoms with van der Waals surface area (Å²) in [7, 11) is 1.63. The molecule has 0 saturated carbocycles. The standard InChI is InChI=1S/C11H16N4O3/c1-4-7(2)14(3)11(16)9-5-8(15(17)18)6-13-10(9)12/h5-7H,4H2,1-3H3,(H2,12,13). The third-order valence-electron chi connectivity index (χ3n) is 2.92. The van der Waals surface area contributed by atoms with Gasteiger partial charge in [0.05, 0.1) is 10.5 Å². The minimum atomic E-state index is -0.605. The number of pyridine rings is 1. The smallest absolute Gasteiger partial charge is 0.288 e. The second kappa shape index (κ2) is 5.44. The minimum Gasteiger partial charge on any atom is -0.383 e. The Morgan fingerprint density at radius 3 is 2.78 bits per heavy atom. The zero-order chi connectivity index (χ0) is 13.9. The van der Waals surface area contributed by atoms with Crippen molar-refractivity contribution < 1.29 is 9.72 Å². The van der Waals surface area contributed by atoms with Crippen LogP contribution in [0.4, 0.5) is 11.5 Å². The van der Waals surface area contributed by atoms with Crippen molar-refractivity contribution in [3.05, 3.63) is 27.9 Å². The van der Waals surface area contributed by atoms with Crippen LogP contribution in [0.25, 0.3) is 0 Å². The highest BCUT2D eigenvalue weighted by atomic mass is 16.6. The number of rotatable bonds is 4. The molecule has 1 aromatic rings. The molecule has 0 aromatic carbocycles. The first kappa shape index (κ1) is 13.9. The molecule has 0 aliphatic heterocycles. The van der Waals surface area contributed by atoms with Crippen molar-refractivity contribution in [2.45, 2.75) is 26.3 Å². The van der Waals surface area contributed by atoms with E-state index in [-0.39, 0.29) is 29.0 Å². The number of hydrogen-bond acceptors (Lipinski definition) is 5.